The quantitative estimate of drug-likeness (QED) is 0.675. The zero-order valence-corrected chi connectivity index (χ0v) is 12.7. The Morgan fingerprint density at radius 1 is 1.14 bits per heavy atom. The maximum atomic E-state index is 12.9. The summed E-state index contributed by atoms with van der Waals surface area (Å²) < 4.78 is 44.2. The Kier molecular flexibility index (Phi) is 7.75. The van der Waals surface area contributed by atoms with Gasteiger partial charge in [-0.3, -0.25) is 0 Å². The molecule has 0 aromatic heterocycles. The molecule has 0 amide bonds. The molecule has 0 aliphatic heterocycles. The monoisotopic (exact) mass is 303 g/mol. The zero-order chi connectivity index (χ0) is 15.7. The molecule has 1 aromatic rings. The molecule has 0 aliphatic rings. The average Bonchev–Trinajstić information content (AvgIpc) is 2.45. The molecular formula is C16H24F3NO. The number of rotatable bonds is 9. The SMILES string of the molecule is CCCCOCCCNC(C)c1ccccc1C(F)(F)F. The average molecular weight is 303 g/mol. The lowest BCUT2D eigenvalue weighted by atomic mass is 10.0. The Bertz CT molecular complexity index is 407. The Morgan fingerprint density at radius 2 is 1.81 bits per heavy atom. The third-order valence-corrected chi connectivity index (χ3v) is 3.29. The van der Waals surface area contributed by atoms with Crippen molar-refractivity contribution in [3.63, 3.8) is 0 Å². The lowest BCUT2D eigenvalue weighted by molar-refractivity contribution is -0.138. The van der Waals surface area contributed by atoms with Gasteiger partial charge in [-0.2, -0.15) is 13.2 Å². The van der Waals surface area contributed by atoms with Gasteiger partial charge in [0.2, 0.25) is 0 Å². The third kappa shape index (κ3) is 6.48. The van der Waals surface area contributed by atoms with Gasteiger partial charge in [-0.1, -0.05) is 31.5 Å². The van der Waals surface area contributed by atoms with Crippen LogP contribution < -0.4 is 5.32 Å². The van der Waals surface area contributed by atoms with Crippen LogP contribution in [-0.2, 0) is 10.9 Å². The molecule has 0 saturated heterocycles. The van der Waals surface area contributed by atoms with E-state index in [2.05, 4.69) is 12.2 Å². The van der Waals surface area contributed by atoms with Crippen LogP contribution in [0.1, 0.15) is 50.3 Å². The molecule has 0 aliphatic carbocycles. The maximum absolute atomic E-state index is 12.9. The summed E-state index contributed by atoms with van der Waals surface area (Å²) in [4.78, 5) is 0. The van der Waals surface area contributed by atoms with E-state index in [0.717, 1.165) is 31.9 Å². The van der Waals surface area contributed by atoms with Crippen molar-refractivity contribution in [3.05, 3.63) is 35.4 Å². The van der Waals surface area contributed by atoms with Gasteiger partial charge in [-0.25, -0.2) is 0 Å². The number of halogens is 3. The smallest absolute Gasteiger partial charge is 0.381 e. The van der Waals surface area contributed by atoms with Crippen LogP contribution >= 0.6 is 0 Å². The molecule has 21 heavy (non-hydrogen) atoms. The third-order valence-electron chi connectivity index (χ3n) is 3.29. The Hall–Kier alpha value is -1.07. The predicted molar refractivity (Wildman–Crippen MR) is 78.2 cm³/mol. The van der Waals surface area contributed by atoms with E-state index >= 15 is 0 Å². The van der Waals surface area contributed by atoms with Gasteiger partial charge in [0.05, 0.1) is 5.56 Å². The topological polar surface area (TPSA) is 21.3 Å². The van der Waals surface area contributed by atoms with Gasteiger partial charge in [0.25, 0.3) is 0 Å². The fourth-order valence-electron chi connectivity index (χ4n) is 2.08. The van der Waals surface area contributed by atoms with Crippen LogP contribution in [0.5, 0.6) is 0 Å². The zero-order valence-electron chi connectivity index (χ0n) is 12.7. The fraction of sp³-hybridized carbons (Fsp3) is 0.625. The first-order chi connectivity index (χ1) is 9.96. The predicted octanol–water partition coefficient (Wildman–Crippen LogP) is 4.56. The fourth-order valence-corrected chi connectivity index (χ4v) is 2.08. The van der Waals surface area contributed by atoms with Crippen molar-refractivity contribution in [1.29, 1.82) is 0 Å². The van der Waals surface area contributed by atoms with Crippen LogP contribution in [0, 0.1) is 0 Å². The van der Waals surface area contributed by atoms with Crippen molar-refractivity contribution >= 4 is 0 Å². The van der Waals surface area contributed by atoms with E-state index < -0.39 is 11.7 Å². The maximum Gasteiger partial charge on any atom is 0.416 e. The second-order valence-electron chi connectivity index (χ2n) is 5.08. The normalized spacial score (nSPS) is 13.4. The number of ether oxygens (including phenoxy) is 1. The molecule has 0 spiro atoms. The minimum Gasteiger partial charge on any atom is -0.381 e. The van der Waals surface area contributed by atoms with Crippen molar-refractivity contribution < 1.29 is 17.9 Å². The van der Waals surface area contributed by atoms with Gasteiger partial charge >= 0.3 is 6.18 Å². The molecular weight excluding hydrogens is 279 g/mol. The molecule has 1 rings (SSSR count). The number of hydrogen-bond donors (Lipinski definition) is 1. The highest BCUT2D eigenvalue weighted by Crippen LogP contribution is 2.34. The summed E-state index contributed by atoms with van der Waals surface area (Å²) in [6.45, 7) is 5.89. The van der Waals surface area contributed by atoms with Crippen LogP contribution in [0.4, 0.5) is 13.2 Å². The number of alkyl halides is 3. The molecule has 0 bridgehead atoms. The number of nitrogens with one attached hydrogen (secondary N) is 1. The van der Waals surface area contributed by atoms with E-state index in [-0.39, 0.29) is 11.6 Å². The lowest BCUT2D eigenvalue weighted by Crippen LogP contribution is -2.23. The highest BCUT2D eigenvalue weighted by Gasteiger charge is 2.33. The van der Waals surface area contributed by atoms with Crippen molar-refractivity contribution in [2.75, 3.05) is 19.8 Å². The van der Waals surface area contributed by atoms with Gasteiger partial charge in [-0.15, -0.1) is 0 Å². The first-order valence-corrected chi connectivity index (χ1v) is 7.44. The van der Waals surface area contributed by atoms with E-state index in [1.54, 1.807) is 13.0 Å². The molecule has 2 nitrogen and oxygen atoms in total. The van der Waals surface area contributed by atoms with E-state index in [0.29, 0.717) is 13.2 Å². The van der Waals surface area contributed by atoms with Crippen LogP contribution in [0.25, 0.3) is 0 Å². The minimum absolute atomic E-state index is 0.289. The molecule has 1 aromatic carbocycles. The summed E-state index contributed by atoms with van der Waals surface area (Å²) in [6.07, 6.45) is -1.37. The van der Waals surface area contributed by atoms with Crippen LogP contribution in [0.2, 0.25) is 0 Å². The molecule has 1 unspecified atom stereocenters. The highest BCUT2D eigenvalue weighted by molar-refractivity contribution is 5.31. The van der Waals surface area contributed by atoms with E-state index in [1.165, 1.54) is 12.1 Å². The summed E-state index contributed by atoms with van der Waals surface area (Å²) >= 11 is 0. The second-order valence-corrected chi connectivity index (χ2v) is 5.08. The van der Waals surface area contributed by atoms with Crippen molar-refractivity contribution in [2.45, 2.75) is 45.3 Å². The lowest BCUT2D eigenvalue weighted by Gasteiger charge is -2.19. The summed E-state index contributed by atoms with van der Waals surface area (Å²) in [6, 6.07) is 5.37. The van der Waals surface area contributed by atoms with Gasteiger partial charge < -0.3 is 10.1 Å². The van der Waals surface area contributed by atoms with Gasteiger partial charge in [-0.05, 0) is 37.9 Å². The molecule has 5 heteroatoms. The number of unbranched alkanes of at least 4 members (excludes halogenated alkanes) is 1. The molecule has 1 atom stereocenters. The molecule has 0 fully saturated rings. The second kappa shape index (κ2) is 9.05. The van der Waals surface area contributed by atoms with E-state index in [9.17, 15) is 13.2 Å². The summed E-state index contributed by atoms with van der Waals surface area (Å²) in [5.74, 6) is 0. The summed E-state index contributed by atoms with van der Waals surface area (Å²) in [5.41, 5.74) is -0.277. The van der Waals surface area contributed by atoms with Gasteiger partial charge in [0.15, 0.2) is 0 Å². The highest BCUT2D eigenvalue weighted by atomic mass is 19.4. The molecule has 0 heterocycles. The largest absolute Gasteiger partial charge is 0.416 e. The Balaban J connectivity index is 2.41. The summed E-state index contributed by atoms with van der Waals surface area (Å²) in [7, 11) is 0. The van der Waals surface area contributed by atoms with Crippen molar-refractivity contribution in [3.8, 4) is 0 Å². The standard InChI is InChI=1S/C16H24F3NO/c1-3-4-11-21-12-7-10-20-13(2)14-8-5-6-9-15(14)16(17,18)19/h5-6,8-9,13,20H,3-4,7,10-12H2,1-2H3. The van der Waals surface area contributed by atoms with E-state index in [4.69, 9.17) is 4.74 Å². The summed E-state index contributed by atoms with van der Waals surface area (Å²) in [5, 5.41) is 3.12. The molecule has 0 radical (unpaired) electrons. The Morgan fingerprint density at radius 3 is 2.48 bits per heavy atom. The van der Waals surface area contributed by atoms with Crippen LogP contribution in [0.15, 0.2) is 24.3 Å². The van der Waals surface area contributed by atoms with Gasteiger partial charge in [0, 0.05) is 19.3 Å². The van der Waals surface area contributed by atoms with E-state index in [1.807, 2.05) is 0 Å². The molecule has 1 N–H and O–H groups in total. The first kappa shape index (κ1) is 18.0. The van der Waals surface area contributed by atoms with Gasteiger partial charge in [0.1, 0.15) is 0 Å². The molecule has 0 saturated carbocycles. The minimum atomic E-state index is -4.31. The van der Waals surface area contributed by atoms with Crippen LogP contribution in [0.3, 0.4) is 0 Å². The van der Waals surface area contributed by atoms with Crippen molar-refractivity contribution in [2.24, 2.45) is 0 Å². The van der Waals surface area contributed by atoms with Crippen LogP contribution in [-0.4, -0.2) is 19.8 Å². The Labute approximate surface area is 124 Å². The number of hydrogen-bond acceptors (Lipinski definition) is 2. The number of benzene rings is 1. The molecule has 120 valence electrons. The van der Waals surface area contributed by atoms with Crippen molar-refractivity contribution in [1.82, 2.24) is 5.32 Å². The first-order valence-electron chi connectivity index (χ1n) is 7.44.